The summed E-state index contributed by atoms with van der Waals surface area (Å²) in [4.78, 5) is 15.8. The minimum atomic E-state index is -1.07. The summed E-state index contributed by atoms with van der Waals surface area (Å²) in [6.07, 6.45) is 5.39. The molecule has 4 aromatic rings. The standard InChI is InChI=1S/C35H34N2O3/c1-3-5-17-37(18-6-4-2)25-15-16-28-33(21-25)39-32-20-24-19-23-11-7-10-14-30(23)36-31(24)22-29(32)35(28)27-13-9-8-12-26(27)34(38)40-35/h7-16,20-22,36H,3-6,17-19H2,1-2H3. The molecule has 5 nitrogen and oxygen atoms in total. The average molecular weight is 531 g/mol. The molecule has 1 atom stereocenters. The van der Waals surface area contributed by atoms with Gasteiger partial charge in [0.2, 0.25) is 0 Å². The predicted molar refractivity (Wildman–Crippen MR) is 159 cm³/mol. The maximum Gasteiger partial charge on any atom is 0.340 e. The van der Waals surface area contributed by atoms with Gasteiger partial charge in [0, 0.05) is 59.3 Å². The van der Waals surface area contributed by atoms with Gasteiger partial charge in [-0.05, 0) is 60.4 Å². The molecule has 3 aliphatic heterocycles. The van der Waals surface area contributed by atoms with E-state index in [0.717, 1.165) is 96.0 Å². The molecule has 0 aliphatic carbocycles. The first-order valence-electron chi connectivity index (χ1n) is 14.5. The Morgan fingerprint density at radius 2 is 1.52 bits per heavy atom. The Labute approximate surface area is 235 Å². The Balaban J connectivity index is 1.40. The number of para-hydroxylation sites is 1. The maximum absolute atomic E-state index is 13.3. The van der Waals surface area contributed by atoms with Crippen LogP contribution in [0.3, 0.4) is 0 Å². The van der Waals surface area contributed by atoms with Crippen molar-refractivity contribution < 1.29 is 14.3 Å². The van der Waals surface area contributed by atoms with E-state index in [1.807, 2.05) is 30.3 Å². The van der Waals surface area contributed by atoms with Gasteiger partial charge in [-0.25, -0.2) is 4.79 Å². The Morgan fingerprint density at radius 3 is 2.35 bits per heavy atom. The van der Waals surface area contributed by atoms with E-state index in [2.05, 4.69) is 72.6 Å². The second kappa shape index (κ2) is 9.74. The van der Waals surface area contributed by atoms with Crippen molar-refractivity contribution in [2.45, 2.75) is 51.6 Å². The van der Waals surface area contributed by atoms with Gasteiger partial charge in [0.05, 0.1) is 5.56 Å². The van der Waals surface area contributed by atoms with Crippen molar-refractivity contribution in [3.8, 4) is 11.5 Å². The number of rotatable bonds is 7. The van der Waals surface area contributed by atoms with Crippen LogP contribution in [0.5, 0.6) is 11.5 Å². The lowest BCUT2D eigenvalue weighted by Gasteiger charge is -2.38. The Bertz CT molecular complexity index is 1620. The molecular formula is C35H34N2O3. The van der Waals surface area contributed by atoms with E-state index in [9.17, 15) is 4.79 Å². The molecule has 40 heavy (non-hydrogen) atoms. The lowest BCUT2D eigenvalue weighted by Crippen LogP contribution is -2.34. The average Bonchev–Trinajstić information content (AvgIpc) is 3.28. The minimum absolute atomic E-state index is 0.304. The molecule has 0 amide bonds. The van der Waals surface area contributed by atoms with E-state index < -0.39 is 5.60 Å². The summed E-state index contributed by atoms with van der Waals surface area (Å²) < 4.78 is 13.2. The summed E-state index contributed by atoms with van der Waals surface area (Å²) in [7, 11) is 0. The number of nitrogens with one attached hydrogen (secondary N) is 1. The number of esters is 1. The van der Waals surface area contributed by atoms with E-state index in [1.165, 1.54) is 5.56 Å². The molecule has 0 saturated carbocycles. The fourth-order valence-electron chi connectivity index (χ4n) is 6.42. The molecule has 5 heteroatoms. The maximum atomic E-state index is 13.3. The largest absolute Gasteiger partial charge is 0.456 e. The van der Waals surface area contributed by atoms with Crippen molar-refractivity contribution in [2.75, 3.05) is 23.3 Å². The molecule has 0 bridgehead atoms. The third-order valence-corrected chi connectivity index (χ3v) is 8.52. The van der Waals surface area contributed by atoms with Crippen molar-refractivity contribution in [3.05, 3.63) is 112 Å². The van der Waals surface area contributed by atoms with Gasteiger partial charge in [0.15, 0.2) is 5.60 Å². The molecule has 0 saturated heterocycles. The Morgan fingerprint density at radius 1 is 0.775 bits per heavy atom. The number of benzene rings is 4. The van der Waals surface area contributed by atoms with Crippen molar-refractivity contribution in [3.63, 3.8) is 0 Å². The highest BCUT2D eigenvalue weighted by Gasteiger charge is 2.53. The van der Waals surface area contributed by atoms with Crippen LogP contribution in [0.25, 0.3) is 0 Å². The number of anilines is 3. The Hall–Kier alpha value is -4.25. The number of carbonyl (C=O) groups is 1. The number of ether oxygens (including phenoxy) is 2. The first-order valence-corrected chi connectivity index (χ1v) is 14.5. The third kappa shape index (κ3) is 3.79. The highest BCUT2D eigenvalue weighted by atomic mass is 16.6. The monoisotopic (exact) mass is 530 g/mol. The molecule has 1 spiro atoms. The minimum Gasteiger partial charge on any atom is -0.456 e. The van der Waals surface area contributed by atoms with Gasteiger partial charge >= 0.3 is 5.97 Å². The topological polar surface area (TPSA) is 50.8 Å². The van der Waals surface area contributed by atoms with Crippen LogP contribution in [0.2, 0.25) is 0 Å². The van der Waals surface area contributed by atoms with Crippen molar-refractivity contribution in [2.24, 2.45) is 0 Å². The zero-order chi connectivity index (χ0) is 27.3. The lowest BCUT2D eigenvalue weighted by atomic mass is 9.76. The fraction of sp³-hybridized carbons (Fsp3) is 0.286. The summed E-state index contributed by atoms with van der Waals surface area (Å²) in [5.41, 5.74) is 7.80. The second-order valence-electron chi connectivity index (χ2n) is 11.1. The normalized spacial score (nSPS) is 17.5. The molecule has 202 valence electrons. The first kappa shape index (κ1) is 24.8. The third-order valence-electron chi connectivity index (χ3n) is 8.52. The van der Waals surface area contributed by atoms with E-state index in [4.69, 9.17) is 9.47 Å². The predicted octanol–water partition coefficient (Wildman–Crippen LogP) is 8.31. The van der Waals surface area contributed by atoms with Gasteiger partial charge in [-0.15, -0.1) is 0 Å². The number of unbranched alkanes of at least 4 members (excludes halogenated alkanes) is 2. The lowest BCUT2D eigenvalue weighted by molar-refractivity contribution is 0.0224. The van der Waals surface area contributed by atoms with Gasteiger partial charge in [-0.1, -0.05) is 63.1 Å². The van der Waals surface area contributed by atoms with E-state index in [0.29, 0.717) is 5.56 Å². The first-order chi connectivity index (χ1) is 19.6. The van der Waals surface area contributed by atoms with Crippen LogP contribution >= 0.6 is 0 Å². The Kier molecular flexibility index (Phi) is 6.03. The van der Waals surface area contributed by atoms with E-state index in [1.54, 1.807) is 0 Å². The zero-order valence-corrected chi connectivity index (χ0v) is 23.1. The highest BCUT2D eigenvalue weighted by Crippen LogP contribution is 2.58. The number of nitrogens with zero attached hydrogens (tertiary/aromatic N) is 1. The number of fused-ring (bicyclic) bond motifs is 8. The SMILES string of the molecule is CCCCN(CCCC)c1ccc2c(c1)Oc1cc3c(cc1C21OC(=O)c2ccccc21)Nc1ccccc1C3. The van der Waals surface area contributed by atoms with Gasteiger partial charge in [0.25, 0.3) is 0 Å². The number of hydrogen-bond acceptors (Lipinski definition) is 5. The van der Waals surface area contributed by atoms with Crippen LogP contribution in [-0.2, 0) is 16.8 Å². The summed E-state index contributed by atoms with van der Waals surface area (Å²) in [5, 5.41) is 3.62. The molecule has 3 aliphatic rings. The quantitative estimate of drug-likeness (QED) is 0.215. The van der Waals surface area contributed by atoms with Gasteiger partial charge in [-0.2, -0.15) is 0 Å². The van der Waals surface area contributed by atoms with Crippen LogP contribution < -0.4 is 15.0 Å². The highest BCUT2D eigenvalue weighted by molar-refractivity contribution is 5.97. The van der Waals surface area contributed by atoms with Crippen molar-refractivity contribution in [1.82, 2.24) is 0 Å². The molecule has 0 radical (unpaired) electrons. The summed E-state index contributed by atoms with van der Waals surface area (Å²) in [5.74, 6) is 1.18. The molecule has 7 rings (SSSR count). The van der Waals surface area contributed by atoms with Crippen molar-refractivity contribution >= 4 is 23.0 Å². The number of hydrogen-bond donors (Lipinski definition) is 1. The molecule has 0 fully saturated rings. The fourth-order valence-corrected chi connectivity index (χ4v) is 6.42. The summed E-state index contributed by atoms with van der Waals surface area (Å²) >= 11 is 0. The van der Waals surface area contributed by atoms with Crippen LogP contribution in [0.15, 0.2) is 78.9 Å². The molecule has 1 N–H and O–H groups in total. The smallest absolute Gasteiger partial charge is 0.340 e. The molecule has 1 unspecified atom stereocenters. The van der Waals surface area contributed by atoms with E-state index >= 15 is 0 Å². The number of carbonyl (C=O) groups excluding carboxylic acids is 1. The summed E-state index contributed by atoms with van der Waals surface area (Å²) in [6.45, 7) is 6.48. The molecule has 0 aromatic heterocycles. The van der Waals surface area contributed by atoms with Gasteiger partial charge in [0.1, 0.15) is 11.5 Å². The van der Waals surface area contributed by atoms with Crippen LogP contribution in [0.1, 0.15) is 77.7 Å². The summed E-state index contributed by atoms with van der Waals surface area (Å²) in [6, 6.07) is 26.8. The zero-order valence-electron chi connectivity index (χ0n) is 23.1. The second-order valence-corrected chi connectivity index (χ2v) is 11.1. The molecular weight excluding hydrogens is 496 g/mol. The van der Waals surface area contributed by atoms with Crippen molar-refractivity contribution in [1.29, 1.82) is 0 Å². The van der Waals surface area contributed by atoms with E-state index in [-0.39, 0.29) is 5.97 Å². The van der Waals surface area contributed by atoms with Crippen LogP contribution in [0, 0.1) is 0 Å². The molecule has 4 aromatic carbocycles. The van der Waals surface area contributed by atoms with Gasteiger partial charge in [-0.3, -0.25) is 0 Å². The van der Waals surface area contributed by atoms with Crippen LogP contribution in [-0.4, -0.2) is 19.1 Å². The van der Waals surface area contributed by atoms with Crippen LogP contribution in [0.4, 0.5) is 17.1 Å². The molecule has 3 heterocycles. The van der Waals surface area contributed by atoms with Gasteiger partial charge < -0.3 is 19.7 Å².